The van der Waals surface area contributed by atoms with Gasteiger partial charge in [0, 0.05) is 30.8 Å². The molecule has 6 heteroatoms. The van der Waals surface area contributed by atoms with E-state index in [9.17, 15) is 4.79 Å². The third-order valence-corrected chi connectivity index (χ3v) is 5.09. The molecular formula is C19H24N4O2. The maximum atomic E-state index is 12.4. The molecule has 25 heavy (non-hydrogen) atoms. The molecular weight excluding hydrogens is 316 g/mol. The first-order valence-corrected chi connectivity index (χ1v) is 9.18. The van der Waals surface area contributed by atoms with Crippen molar-refractivity contribution < 1.29 is 9.53 Å². The number of carbonyl (C=O) groups is 1. The first kappa shape index (κ1) is 16.3. The van der Waals surface area contributed by atoms with Gasteiger partial charge in [-0.2, -0.15) is 0 Å². The zero-order valence-corrected chi connectivity index (χ0v) is 14.6. The third-order valence-electron chi connectivity index (χ3n) is 5.09. The van der Waals surface area contributed by atoms with E-state index in [1.54, 1.807) is 0 Å². The summed E-state index contributed by atoms with van der Waals surface area (Å²) in [6, 6.07) is 6.09. The maximum Gasteiger partial charge on any atom is 0.253 e. The molecule has 4 rings (SSSR count). The highest BCUT2D eigenvalue weighted by molar-refractivity contribution is 5.95. The molecule has 0 aliphatic carbocycles. The van der Waals surface area contributed by atoms with Crippen LogP contribution in [0.15, 0.2) is 18.2 Å². The molecule has 1 fully saturated rings. The lowest BCUT2D eigenvalue weighted by atomic mass is 10.1. The standard InChI is InChI=1S/C19H24N4O2/c1-13-8-9-14(12-15(13)20-19(24)16-6-5-11-25-16)18-22-21-17-7-3-2-4-10-23(17)18/h8-9,12,16H,2-7,10-11H2,1H3,(H,20,24). The van der Waals surface area contributed by atoms with Crippen LogP contribution < -0.4 is 5.32 Å². The van der Waals surface area contributed by atoms with Crippen molar-refractivity contribution in [3.63, 3.8) is 0 Å². The number of benzene rings is 1. The number of hydrogen-bond donors (Lipinski definition) is 1. The van der Waals surface area contributed by atoms with Crippen molar-refractivity contribution in [1.82, 2.24) is 14.8 Å². The molecule has 1 N–H and O–H groups in total. The number of carbonyl (C=O) groups excluding carboxylic acids is 1. The Morgan fingerprint density at radius 2 is 2.16 bits per heavy atom. The molecule has 6 nitrogen and oxygen atoms in total. The Labute approximate surface area is 147 Å². The van der Waals surface area contributed by atoms with E-state index in [4.69, 9.17) is 4.74 Å². The minimum atomic E-state index is -0.326. The van der Waals surface area contributed by atoms with Gasteiger partial charge in [-0.15, -0.1) is 10.2 Å². The second-order valence-electron chi connectivity index (χ2n) is 6.92. The zero-order valence-electron chi connectivity index (χ0n) is 14.6. The number of nitrogens with one attached hydrogen (secondary N) is 1. The summed E-state index contributed by atoms with van der Waals surface area (Å²) in [7, 11) is 0. The summed E-state index contributed by atoms with van der Waals surface area (Å²) in [5.41, 5.74) is 2.85. The normalized spacial score (nSPS) is 20.1. The average Bonchev–Trinajstić information content (AvgIpc) is 3.23. The van der Waals surface area contributed by atoms with Crippen LogP contribution in [-0.2, 0) is 22.5 Å². The van der Waals surface area contributed by atoms with Crippen LogP contribution in [0.4, 0.5) is 5.69 Å². The summed E-state index contributed by atoms with van der Waals surface area (Å²) >= 11 is 0. The SMILES string of the molecule is Cc1ccc(-c2nnc3n2CCCCC3)cc1NC(=O)C1CCCO1. The third kappa shape index (κ3) is 3.31. The maximum absolute atomic E-state index is 12.4. The van der Waals surface area contributed by atoms with Crippen LogP contribution in [-0.4, -0.2) is 33.4 Å². The van der Waals surface area contributed by atoms with E-state index in [0.717, 1.165) is 60.7 Å². The van der Waals surface area contributed by atoms with Gasteiger partial charge in [0.05, 0.1) is 0 Å². The molecule has 1 aromatic heterocycles. The summed E-state index contributed by atoms with van der Waals surface area (Å²) in [5.74, 6) is 1.90. The fraction of sp³-hybridized carbons (Fsp3) is 0.526. The second-order valence-corrected chi connectivity index (χ2v) is 6.92. The van der Waals surface area contributed by atoms with Crippen LogP contribution in [0.2, 0.25) is 0 Å². The molecule has 2 aliphatic rings. The van der Waals surface area contributed by atoms with Crippen molar-refractivity contribution >= 4 is 11.6 Å². The van der Waals surface area contributed by atoms with E-state index in [2.05, 4.69) is 26.1 Å². The number of hydrogen-bond acceptors (Lipinski definition) is 4. The molecule has 0 radical (unpaired) electrons. The van der Waals surface area contributed by atoms with Crippen molar-refractivity contribution in [2.75, 3.05) is 11.9 Å². The van der Waals surface area contributed by atoms with Gasteiger partial charge in [0.15, 0.2) is 5.82 Å². The lowest BCUT2D eigenvalue weighted by Crippen LogP contribution is -2.27. The number of anilines is 1. The van der Waals surface area contributed by atoms with Gasteiger partial charge in [-0.1, -0.05) is 18.6 Å². The van der Waals surface area contributed by atoms with Gasteiger partial charge in [-0.05, 0) is 44.2 Å². The molecule has 0 bridgehead atoms. The van der Waals surface area contributed by atoms with Gasteiger partial charge < -0.3 is 14.6 Å². The number of rotatable bonds is 3. The van der Waals surface area contributed by atoms with E-state index in [1.807, 2.05) is 19.1 Å². The number of fused-ring (bicyclic) bond motifs is 1. The monoisotopic (exact) mass is 340 g/mol. The highest BCUT2D eigenvalue weighted by Gasteiger charge is 2.24. The average molecular weight is 340 g/mol. The van der Waals surface area contributed by atoms with Crippen molar-refractivity contribution in [3.05, 3.63) is 29.6 Å². The second kappa shape index (κ2) is 6.96. The van der Waals surface area contributed by atoms with Crippen molar-refractivity contribution in [1.29, 1.82) is 0 Å². The first-order chi connectivity index (χ1) is 12.2. The minimum Gasteiger partial charge on any atom is -0.368 e. The van der Waals surface area contributed by atoms with Crippen molar-refractivity contribution in [2.45, 2.75) is 58.1 Å². The summed E-state index contributed by atoms with van der Waals surface area (Å²) < 4.78 is 7.70. The smallest absolute Gasteiger partial charge is 0.253 e. The Morgan fingerprint density at radius 3 is 3.00 bits per heavy atom. The van der Waals surface area contributed by atoms with Crippen LogP contribution >= 0.6 is 0 Å². The van der Waals surface area contributed by atoms with E-state index in [1.165, 1.54) is 12.8 Å². The quantitative estimate of drug-likeness (QED) is 0.932. The van der Waals surface area contributed by atoms with Gasteiger partial charge >= 0.3 is 0 Å². The number of nitrogens with zero attached hydrogens (tertiary/aromatic N) is 3. The molecule has 0 saturated carbocycles. The van der Waals surface area contributed by atoms with Crippen molar-refractivity contribution in [3.8, 4) is 11.4 Å². The van der Waals surface area contributed by atoms with Crippen LogP contribution in [0.5, 0.6) is 0 Å². The van der Waals surface area contributed by atoms with E-state index < -0.39 is 0 Å². The van der Waals surface area contributed by atoms with Crippen LogP contribution in [0.1, 0.15) is 43.5 Å². The van der Waals surface area contributed by atoms with Gasteiger partial charge in [0.2, 0.25) is 0 Å². The molecule has 1 amide bonds. The summed E-state index contributed by atoms with van der Waals surface area (Å²) in [4.78, 5) is 12.4. The Bertz CT molecular complexity index is 778. The summed E-state index contributed by atoms with van der Waals surface area (Å²) in [6.07, 6.45) is 5.97. The summed E-state index contributed by atoms with van der Waals surface area (Å²) in [5, 5.41) is 11.8. The molecule has 1 atom stereocenters. The Hall–Kier alpha value is -2.21. The topological polar surface area (TPSA) is 69.0 Å². The highest BCUT2D eigenvalue weighted by atomic mass is 16.5. The highest BCUT2D eigenvalue weighted by Crippen LogP contribution is 2.27. The molecule has 1 unspecified atom stereocenters. The van der Waals surface area contributed by atoms with Gasteiger partial charge in [-0.25, -0.2) is 0 Å². The molecule has 0 spiro atoms. The Morgan fingerprint density at radius 1 is 1.24 bits per heavy atom. The molecule has 132 valence electrons. The van der Waals surface area contributed by atoms with E-state index in [0.29, 0.717) is 6.61 Å². The fourth-order valence-electron chi connectivity index (χ4n) is 3.59. The van der Waals surface area contributed by atoms with Gasteiger partial charge in [-0.3, -0.25) is 4.79 Å². The van der Waals surface area contributed by atoms with Gasteiger partial charge in [0.1, 0.15) is 11.9 Å². The molecule has 2 aromatic rings. The minimum absolute atomic E-state index is 0.0576. The Kier molecular flexibility index (Phi) is 4.53. The molecule has 2 aliphatic heterocycles. The van der Waals surface area contributed by atoms with E-state index in [-0.39, 0.29) is 12.0 Å². The predicted octanol–water partition coefficient (Wildman–Crippen LogP) is 3.10. The zero-order chi connectivity index (χ0) is 17.2. The summed E-state index contributed by atoms with van der Waals surface area (Å²) in [6.45, 7) is 3.63. The van der Waals surface area contributed by atoms with Gasteiger partial charge in [0.25, 0.3) is 5.91 Å². The molecule has 1 saturated heterocycles. The van der Waals surface area contributed by atoms with Crippen molar-refractivity contribution in [2.24, 2.45) is 0 Å². The Balaban J connectivity index is 1.61. The lowest BCUT2D eigenvalue weighted by molar-refractivity contribution is -0.124. The fourth-order valence-corrected chi connectivity index (χ4v) is 3.59. The number of amides is 1. The van der Waals surface area contributed by atoms with Crippen LogP contribution in [0.25, 0.3) is 11.4 Å². The number of aryl methyl sites for hydroxylation is 2. The van der Waals surface area contributed by atoms with Crippen LogP contribution in [0.3, 0.4) is 0 Å². The molecule has 1 aromatic carbocycles. The number of ether oxygens (including phenoxy) is 1. The largest absolute Gasteiger partial charge is 0.368 e. The van der Waals surface area contributed by atoms with Crippen LogP contribution in [0, 0.1) is 6.92 Å². The predicted molar refractivity (Wildman–Crippen MR) is 95.4 cm³/mol. The number of aromatic nitrogens is 3. The lowest BCUT2D eigenvalue weighted by Gasteiger charge is -2.14. The van der Waals surface area contributed by atoms with E-state index >= 15 is 0 Å². The first-order valence-electron chi connectivity index (χ1n) is 9.18. The molecule has 3 heterocycles.